The zero-order valence-electron chi connectivity index (χ0n) is 52.9. The van der Waals surface area contributed by atoms with Gasteiger partial charge < -0.3 is 18.9 Å². The van der Waals surface area contributed by atoms with Gasteiger partial charge in [0.25, 0.3) is 0 Å². The van der Waals surface area contributed by atoms with Crippen molar-refractivity contribution in [3.63, 3.8) is 0 Å². The van der Waals surface area contributed by atoms with Gasteiger partial charge in [-0.1, -0.05) is 230 Å². The minimum Gasteiger partial charge on any atom is -0.497 e. The average Bonchev–Trinajstić information content (AvgIpc) is 0.817. The van der Waals surface area contributed by atoms with E-state index in [1.54, 1.807) is 28.4 Å². The highest BCUT2D eigenvalue weighted by atomic mass is 16.5. The third-order valence-corrected chi connectivity index (χ3v) is 17.1. The first-order valence-electron chi connectivity index (χ1n) is 31.1. The summed E-state index contributed by atoms with van der Waals surface area (Å²) in [5.74, 6) is 29.8. The second kappa shape index (κ2) is 30.8. The van der Waals surface area contributed by atoms with E-state index in [9.17, 15) is 0 Å². The lowest BCUT2D eigenvalue weighted by Gasteiger charge is -2.51. The smallest absolute Gasteiger partial charge is 0.118 e. The minimum absolute atomic E-state index is 0.191. The molecule has 8 rings (SSSR count). The van der Waals surface area contributed by atoms with E-state index < -0.39 is 16.2 Å². The SMILES string of the molecule is C#Cc1cccc(C#CC(CCC)(CC(CCC)CCC)C(c2ccc(OC)cc2)(c2ccc(OC)cc2)c2ccc(-c3ccc(C(C#Cc4cccc(C#CC(/C=C\C)CCC(C)C)c4)(c4ccc(OC)cc4)c4ccc(OC)cc4)cc3)cc2)c1. The molecule has 0 heterocycles. The minimum atomic E-state index is -0.925. The Labute approximate surface area is 521 Å². The van der Waals surface area contributed by atoms with Crippen LogP contribution in [0.2, 0.25) is 0 Å². The summed E-state index contributed by atoms with van der Waals surface area (Å²) in [7, 11) is 6.86. The summed E-state index contributed by atoms with van der Waals surface area (Å²) in [5.41, 5.74) is 9.81. The molecule has 0 fully saturated rings. The molecule has 0 aliphatic rings. The Morgan fingerprint density at radius 3 is 1.24 bits per heavy atom. The van der Waals surface area contributed by atoms with E-state index in [2.05, 4.69) is 247 Å². The molecule has 0 radical (unpaired) electrons. The van der Waals surface area contributed by atoms with Gasteiger partial charge in [0.1, 0.15) is 28.4 Å². The quantitative estimate of drug-likeness (QED) is 0.0343. The van der Waals surface area contributed by atoms with Gasteiger partial charge in [0.2, 0.25) is 0 Å². The van der Waals surface area contributed by atoms with Crippen molar-refractivity contribution in [2.45, 2.75) is 110 Å². The van der Waals surface area contributed by atoms with Crippen molar-refractivity contribution in [1.29, 1.82) is 0 Å². The van der Waals surface area contributed by atoms with Gasteiger partial charge >= 0.3 is 0 Å². The lowest BCUT2D eigenvalue weighted by molar-refractivity contribution is 0.177. The van der Waals surface area contributed by atoms with Crippen LogP contribution in [0.15, 0.2) is 206 Å². The molecule has 0 bridgehead atoms. The van der Waals surface area contributed by atoms with Crippen molar-refractivity contribution < 1.29 is 18.9 Å². The third-order valence-electron chi connectivity index (χ3n) is 17.1. The molecule has 0 saturated heterocycles. The number of rotatable bonds is 24. The standard InChI is InChI=1S/C83H86O4/c1-12-19-64(27-26-62(6)7)28-29-65-23-18-25-67(60-65)55-58-82(72-38-46-77(84-8)47-39-72,73-40-48-78(85-9)49-41-73)71-34-30-69(31-35-71)70-32-36-74(37-33-70)83(75-42-50-79(86-10)51-43-75,76-44-52-80(87-11)53-45-76)81(56-15-4,61-68(20-13-2)21-14-3)57-54-66-24-17-22-63(16-5)59-66/h5,12,17-19,22-25,30-53,59-60,62,64,68H,13-15,20-21,26-27,56,61H2,1-4,6-11H3/b19-12-. The average molecular weight is 1150 g/mol. The molecule has 2 atom stereocenters. The fraction of sp³-hybridized carbons (Fsp3) is 0.301. The number of terminal acetylenes is 1. The summed E-state index contributed by atoms with van der Waals surface area (Å²) in [6.07, 6.45) is 19.5. The van der Waals surface area contributed by atoms with Gasteiger partial charge in [-0.15, -0.1) is 6.42 Å². The van der Waals surface area contributed by atoms with Gasteiger partial charge in [0.15, 0.2) is 0 Å². The molecular weight excluding hydrogens is 1060 g/mol. The molecule has 0 amide bonds. The molecule has 0 aromatic heterocycles. The number of hydrogen-bond donors (Lipinski definition) is 0. The normalized spacial score (nSPS) is 12.4. The van der Waals surface area contributed by atoms with Gasteiger partial charge in [0, 0.05) is 33.6 Å². The summed E-state index contributed by atoms with van der Waals surface area (Å²) < 4.78 is 23.2. The van der Waals surface area contributed by atoms with Gasteiger partial charge in [-0.2, -0.15) is 0 Å². The highest BCUT2D eigenvalue weighted by Crippen LogP contribution is 2.58. The van der Waals surface area contributed by atoms with Crippen molar-refractivity contribution in [2.75, 3.05) is 28.4 Å². The number of benzene rings is 8. The summed E-state index contributed by atoms with van der Waals surface area (Å²) >= 11 is 0. The van der Waals surface area contributed by atoms with Crippen molar-refractivity contribution in [3.8, 4) is 82.0 Å². The van der Waals surface area contributed by atoms with Gasteiger partial charge in [-0.3, -0.25) is 0 Å². The Morgan fingerprint density at radius 1 is 0.448 bits per heavy atom. The van der Waals surface area contributed by atoms with Crippen LogP contribution in [-0.4, -0.2) is 28.4 Å². The maximum Gasteiger partial charge on any atom is 0.118 e. The number of allylic oxidation sites excluding steroid dienone is 2. The fourth-order valence-electron chi connectivity index (χ4n) is 12.8. The van der Waals surface area contributed by atoms with Gasteiger partial charge in [-0.25, -0.2) is 0 Å². The van der Waals surface area contributed by atoms with Crippen LogP contribution in [0.25, 0.3) is 11.1 Å². The van der Waals surface area contributed by atoms with E-state index in [1.165, 1.54) is 0 Å². The number of ether oxygens (including phenoxy) is 4. The first kappa shape index (κ1) is 63.9. The van der Waals surface area contributed by atoms with Crippen molar-refractivity contribution in [3.05, 3.63) is 262 Å². The lowest BCUT2D eigenvalue weighted by Crippen LogP contribution is -2.48. The summed E-state index contributed by atoms with van der Waals surface area (Å²) in [4.78, 5) is 0. The number of hydrogen-bond acceptors (Lipinski definition) is 4. The van der Waals surface area contributed by atoms with Crippen LogP contribution in [0, 0.1) is 71.0 Å². The van der Waals surface area contributed by atoms with Crippen LogP contribution in [0.3, 0.4) is 0 Å². The van der Waals surface area contributed by atoms with Crippen LogP contribution < -0.4 is 18.9 Å². The van der Waals surface area contributed by atoms with E-state index in [0.29, 0.717) is 11.8 Å². The Hall–Kier alpha value is -9.06. The zero-order chi connectivity index (χ0) is 61.7. The van der Waals surface area contributed by atoms with Crippen LogP contribution in [0.5, 0.6) is 23.0 Å². The highest BCUT2D eigenvalue weighted by Gasteiger charge is 2.54. The summed E-state index contributed by atoms with van der Waals surface area (Å²) in [5, 5.41) is 0. The predicted molar refractivity (Wildman–Crippen MR) is 363 cm³/mol. The second-order valence-electron chi connectivity index (χ2n) is 23.2. The van der Waals surface area contributed by atoms with Crippen LogP contribution in [-0.2, 0) is 10.8 Å². The Balaban J connectivity index is 1.33. The fourth-order valence-corrected chi connectivity index (χ4v) is 12.8. The van der Waals surface area contributed by atoms with Gasteiger partial charge in [0.05, 0.1) is 33.9 Å². The van der Waals surface area contributed by atoms with Crippen LogP contribution in [0.4, 0.5) is 0 Å². The molecule has 87 heavy (non-hydrogen) atoms. The van der Waals surface area contributed by atoms with Crippen molar-refractivity contribution in [2.24, 2.45) is 23.2 Å². The predicted octanol–water partition coefficient (Wildman–Crippen LogP) is 19.5. The lowest BCUT2D eigenvalue weighted by atomic mass is 9.50. The van der Waals surface area contributed by atoms with E-state index in [1.807, 2.05) is 42.5 Å². The first-order chi connectivity index (χ1) is 42.4. The first-order valence-corrected chi connectivity index (χ1v) is 31.1. The maximum atomic E-state index is 6.00. The molecule has 0 aliphatic carbocycles. The maximum absolute atomic E-state index is 6.00. The van der Waals surface area contributed by atoms with Crippen molar-refractivity contribution >= 4 is 0 Å². The van der Waals surface area contributed by atoms with E-state index in [-0.39, 0.29) is 5.92 Å². The Kier molecular flexibility index (Phi) is 22.7. The number of methoxy groups -OCH3 is 4. The molecule has 4 nitrogen and oxygen atoms in total. The topological polar surface area (TPSA) is 36.9 Å². The van der Waals surface area contributed by atoms with Crippen LogP contribution in [0.1, 0.15) is 155 Å². The molecule has 8 aromatic carbocycles. The van der Waals surface area contributed by atoms with E-state index in [0.717, 1.165) is 148 Å². The monoisotopic (exact) mass is 1150 g/mol. The van der Waals surface area contributed by atoms with Crippen molar-refractivity contribution in [1.82, 2.24) is 0 Å². The third kappa shape index (κ3) is 15.0. The molecule has 0 saturated carbocycles. The van der Waals surface area contributed by atoms with Gasteiger partial charge in [-0.05, 0) is 174 Å². The zero-order valence-corrected chi connectivity index (χ0v) is 52.9. The largest absolute Gasteiger partial charge is 0.497 e. The molecule has 0 N–H and O–H groups in total. The Morgan fingerprint density at radius 2 is 0.839 bits per heavy atom. The molecule has 4 heteroatoms. The second-order valence-corrected chi connectivity index (χ2v) is 23.2. The molecule has 2 unspecified atom stereocenters. The molecular formula is C83H86O4. The summed E-state index contributed by atoms with van der Waals surface area (Å²) in [6, 6.07) is 68.7. The molecule has 0 spiro atoms. The van der Waals surface area contributed by atoms with E-state index in [4.69, 9.17) is 25.4 Å². The molecule has 8 aromatic rings. The molecule has 0 aliphatic heterocycles. The Bertz CT molecular complexity index is 3650. The van der Waals surface area contributed by atoms with E-state index >= 15 is 0 Å². The van der Waals surface area contributed by atoms with Crippen LogP contribution >= 0.6 is 0 Å². The summed E-state index contributed by atoms with van der Waals surface area (Å²) in [6.45, 7) is 13.5. The molecule has 442 valence electrons. The highest BCUT2D eigenvalue weighted by molar-refractivity contribution is 5.69.